The van der Waals surface area contributed by atoms with Crippen LogP contribution in [0.2, 0.25) is 5.02 Å². The second kappa shape index (κ2) is 6.54. The second-order valence-corrected chi connectivity index (χ2v) is 6.31. The molecule has 0 saturated heterocycles. The van der Waals surface area contributed by atoms with E-state index in [1.807, 2.05) is 66.7 Å². The minimum absolute atomic E-state index is 0.686. The monoisotopic (exact) mass is 348 g/mol. The van der Waals surface area contributed by atoms with Crippen molar-refractivity contribution in [3.8, 4) is 0 Å². The topological polar surface area (TPSA) is 37.2 Å². The lowest BCUT2D eigenvalue weighted by Crippen LogP contribution is -1.96. The summed E-state index contributed by atoms with van der Waals surface area (Å²) in [6.45, 7) is 2.07. The van der Waals surface area contributed by atoms with Crippen molar-refractivity contribution < 1.29 is 4.42 Å². The third kappa shape index (κ3) is 3.19. The molecule has 0 spiro atoms. The Balaban J connectivity index is 1.78. The van der Waals surface area contributed by atoms with Crippen LogP contribution in [0.15, 0.2) is 77.2 Å². The van der Waals surface area contributed by atoms with Gasteiger partial charge in [0.1, 0.15) is 11.3 Å². The maximum atomic E-state index is 6.05. The highest BCUT2D eigenvalue weighted by molar-refractivity contribution is 6.30. The number of halogens is 1. The van der Waals surface area contributed by atoms with Crippen molar-refractivity contribution in [3.63, 3.8) is 0 Å². The number of aryl methyl sites for hydroxylation is 1. The van der Waals surface area contributed by atoms with Gasteiger partial charge in [-0.3, -0.25) is 0 Å². The van der Waals surface area contributed by atoms with Crippen molar-refractivity contribution in [2.45, 2.75) is 6.92 Å². The van der Waals surface area contributed by atoms with Crippen LogP contribution in [0.5, 0.6) is 0 Å². The fourth-order valence-electron chi connectivity index (χ4n) is 2.77. The summed E-state index contributed by atoms with van der Waals surface area (Å²) in [5.41, 5.74) is 4.85. The van der Waals surface area contributed by atoms with E-state index in [-0.39, 0.29) is 0 Å². The quantitative estimate of drug-likeness (QED) is 0.422. The molecule has 0 fully saturated rings. The van der Waals surface area contributed by atoms with Crippen LogP contribution in [-0.4, -0.2) is 0 Å². The molecule has 3 nitrogen and oxygen atoms in total. The molecule has 0 radical (unpaired) electrons. The molecule has 4 aromatic rings. The number of anilines is 4. The van der Waals surface area contributed by atoms with Crippen molar-refractivity contribution in [3.05, 3.63) is 83.4 Å². The largest absolute Gasteiger partial charge is 0.438 e. The summed E-state index contributed by atoms with van der Waals surface area (Å²) >= 11 is 5.99. The smallest absolute Gasteiger partial charge is 0.222 e. The highest BCUT2D eigenvalue weighted by Gasteiger charge is 2.15. The van der Waals surface area contributed by atoms with Gasteiger partial charge in [-0.15, -0.1) is 0 Å². The number of hydrogen-bond donors (Lipinski definition) is 2. The van der Waals surface area contributed by atoms with Crippen molar-refractivity contribution in [1.82, 2.24) is 0 Å². The molecular weight excluding hydrogens is 332 g/mol. The van der Waals surface area contributed by atoms with Crippen molar-refractivity contribution >= 4 is 45.5 Å². The fraction of sp³-hybridized carbons (Fsp3) is 0.0476. The molecule has 0 aliphatic carbocycles. The zero-order valence-electron chi connectivity index (χ0n) is 13.7. The average molecular weight is 349 g/mol. The van der Waals surface area contributed by atoms with Gasteiger partial charge < -0.3 is 15.1 Å². The van der Waals surface area contributed by atoms with Crippen LogP contribution in [0.4, 0.5) is 22.9 Å². The van der Waals surface area contributed by atoms with Crippen molar-refractivity contribution in [2.24, 2.45) is 0 Å². The highest BCUT2D eigenvalue weighted by atomic mass is 35.5. The highest BCUT2D eigenvalue weighted by Crippen LogP contribution is 2.39. The number of para-hydroxylation sites is 2. The molecule has 0 atom stereocenters. The zero-order chi connectivity index (χ0) is 17.2. The Morgan fingerprint density at radius 2 is 1.52 bits per heavy atom. The third-order valence-corrected chi connectivity index (χ3v) is 4.35. The first-order chi connectivity index (χ1) is 12.2. The van der Waals surface area contributed by atoms with Crippen LogP contribution in [0.1, 0.15) is 5.56 Å². The fourth-order valence-corrected chi connectivity index (χ4v) is 2.90. The van der Waals surface area contributed by atoms with Gasteiger partial charge in [0, 0.05) is 21.8 Å². The molecule has 25 heavy (non-hydrogen) atoms. The lowest BCUT2D eigenvalue weighted by Gasteiger charge is -2.11. The molecule has 0 unspecified atom stereocenters. The molecule has 0 aliphatic heterocycles. The van der Waals surface area contributed by atoms with E-state index in [4.69, 9.17) is 16.0 Å². The predicted octanol–water partition coefficient (Wildman–Crippen LogP) is 6.88. The molecular formula is C21H17ClN2O. The summed E-state index contributed by atoms with van der Waals surface area (Å²) in [5, 5.41) is 8.59. The van der Waals surface area contributed by atoms with E-state index in [1.165, 1.54) is 0 Å². The van der Waals surface area contributed by atoms with E-state index >= 15 is 0 Å². The number of rotatable bonds is 4. The number of furan rings is 1. The molecule has 2 N–H and O–H groups in total. The Hall–Kier alpha value is -2.91. The van der Waals surface area contributed by atoms with E-state index < -0.39 is 0 Å². The molecule has 124 valence electrons. The van der Waals surface area contributed by atoms with E-state index in [0.717, 1.165) is 33.6 Å². The molecule has 4 rings (SSSR count). The van der Waals surface area contributed by atoms with Crippen molar-refractivity contribution in [2.75, 3.05) is 10.6 Å². The normalized spacial score (nSPS) is 10.8. The third-order valence-electron chi connectivity index (χ3n) is 4.10. The lowest BCUT2D eigenvalue weighted by atomic mass is 10.2. The van der Waals surface area contributed by atoms with E-state index in [9.17, 15) is 0 Å². The van der Waals surface area contributed by atoms with Crippen LogP contribution in [0, 0.1) is 6.92 Å². The maximum Gasteiger partial charge on any atom is 0.222 e. The van der Waals surface area contributed by atoms with Gasteiger partial charge in [0.05, 0.1) is 0 Å². The van der Waals surface area contributed by atoms with E-state index in [0.29, 0.717) is 10.9 Å². The average Bonchev–Trinajstić information content (AvgIpc) is 2.96. The Bertz CT molecular complexity index is 1020. The summed E-state index contributed by atoms with van der Waals surface area (Å²) in [4.78, 5) is 0. The Kier molecular flexibility index (Phi) is 4.08. The second-order valence-electron chi connectivity index (χ2n) is 5.87. The van der Waals surface area contributed by atoms with Crippen LogP contribution in [0.25, 0.3) is 11.0 Å². The molecule has 3 aromatic carbocycles. The first kappa shape index (κ1) is 15.6. The van der Waals surface area contributed by atoms with Gasteiger partial charge in [0.15, 0.2) is 0 Å². The van der Waals surface area contributed by atoms with Crippen LogP contribution >= 0.6 is 11.6 Å². The lowest BCUT2D eigenvalue weighted by molar-refractivity contribution is 0.635. The minimum Gasteiger partial charge on any atom is -0.438 e. The summed E-state index contributed by atoms with van der Waals surface area (Å²) < 4.78 is 6.05. The summed E-state index contributed by atoms with van der Waals surface area (Å²) in [5.74, 6) is 0.686. The van der Waals surface area contributed by atoms with Gasteiger partial charge >= 0.3 is 0 Å². The minimum atomic E-state index is 0.686. The number of hydrogen-bond acceptors (Lipinski definition) is 3. The summed E-state index contributed by atoms with van der Waals surface area (Å²) in [6.07, 6.45) is 0. The molecule has 0 bridgehead atoms. The number of benzene rings is 3. The van der Waals surface area contributed by atoms with E-state index in [1.54, 1.807) is 0 Å². The maximum absolute atomic E-state index is 6.05. The molecule has 0 amide bonds. The van der Waals surface area contributed by atoms with Gasteiger partial charge in [-0.25, -0.2) is 0 Å². The molecule has 0 aliphatic rings. The molecule has 0 saturated carbocycles. The van der Waals surface area contributed by atoms with Gasteiger partial charge in [0.2, 0.25) is 5.88 Å². The SMILES string of the molecule is Cc1ccccc1Nc1oc2ccccc2c1Nc1ccc(Cl)cc1. The van der Waals surface area contributed by atoms with Gasteiger partial charge in [-0.05, 0) is 55.0 Å². The first-order valence-electron chi connectivity index (χ1n) is 8.07. The summed E-state index contributed by atoms with van der Waals surface area (Å²) in [6, 6.07) is 23.7. The van der Waals surface area contributed by atoms with Crippen molar-refractivity contribution in [1.29, 1.82) is 0 Å². The molecule has 4 heteroatoms. The van der Waals surface area contributed by atoms with Gasteiger partial charge in [-0.1, -0.05) is 41.9 Å². The Morgan fingerprint density at radius 1 is 0.800 bits per heavy atom. The zero-order valence-corrected chi connectivity index (χ0v) is 14.5. The molecule has 1 heterocycles. The van der Waals surface area contributed by atoms with Crippen LogP contribution in [0.3, 0.4) is 0 Å². The van der Waals surface area contributed by atoms with Gasteiger partial charge in [0.25, 0.3) is 0 Å². The first-order valence-corrected chi connectivity index (χ1v) is 8.45. The van der Waals surface area contributed by atoms with Crippen LogP contribution in [-0.2, 0) is 0 Å². The standard InChI is InChI=1S/C21H17ClN2O/c1-14-6-2-4-8-18(14)24-21-20(17-7-3-5-9-19(17)25-21)23-16-12-10-15(22)11-13-16/h2-13,23-24H,1H3. The molecule has 1 aromatic heterocycles. The van der Waals surface area contributed by atoms with Crippen LogP contribution < -0.4 is 10.6 Å². The predicted molar refractivity (Wildman–Crippen MR) is 105 cm³/mol. The summed E-state index contributed by atoms with van der Waals surface area (Å²) in [7, 11) is 0. The Labute approximate surface area is 151 Å². The van der Waals surface area contributed by atoms with Gasteiger partial charge in [-0.2, -0.15) is 0 Å². The number of nitrogens with one attached hydrogen (secondary N) is 2. The van der Waals surface area contributed by atoms with E-state index in [2.05, 4.69) is 23.6 Å². The Morgan fingerprint density at radius 3 is 2.32 bits per heavy atom. The number of fused-ring (bicyclic) bond motifs is 1.